The van der Waals surface area contributed by atoms with Crippen LogP contribution < -0.4 is 19.9 Å². The molecular formula is C16H19NO3S. The number of hydrogen-bond acceptors (Lipinski definition) is 5. The van der Waals surface area contributed by atoms with Crippen molar-refractivity contribution in [2.75, 3.05) is 32.3 Å². The Hall–Kier alpha value is -2.01. The fourth-order valence-electron chi connectivity index (χ4n) is 1.83. The maximum absolute atomic E-state index is 5.80. The van der Waals surface area contributed by atoms with Crippen LogP contribution >= 0.6 is 11.8 Å². The second-order valence-corrected chi connectivity index (χ2v) is 5.43. The van der Waals surface area contributed by atoms with Crippen LogP contribution in [0.25, 0.3) is 0 Å². The molecule has 2 aromatic rings. The van der Waals surface area contributed by atoms with Crippen molar-refractivity contribution in [1.29, 1.82) is 0 Å². The fraction of sp³-hybridized carbons (Fsp3) is 0.250. The van der Waals surface area contributed by atoms with Gasteiger partial charge in [-0.1, -0.05) is 6.07 Å². The molecular weight excluding hydrogens is 286 g/mol. The Morgan fingerprint density at radius 1 is 0.952 bits per heavy atom. The van der Waals surface area contributed by atoms with Crippen LogP contribution in [0.1, 0.15) is 0 Å². The molecule has 21 heavy (non-hydrogen) atoms. The van der Waals surface area contributed by atoms with Crippen molar-refractivity contribution in [3.63, 3.8) is 0 Å². The minimum atomic E-state index is 0.561. The molecule has 0 atom stereocenters. The number of anilines is 1. The van der Waals surface area contributed by atoms with Gasteiger partial charge in [-0.25, -0.2) is 0 Å². The van der Waals surface area contributed by atoms with Gasteiger partial charge in [0.25, 0.3) is 0 Å². The Labute approximate surface area is 129 Å². The van der Waals surface area contributed by atoms with E-state index in [9.17, 15) is 0 Å². The maximum atomic E-state index is 5.80. The highest BCUT2D eigenvalue weighted by atomic mass is 32.2. The molecule has 0 unspecified atom stereocenters. The molecule has 0 bridgehead atoms. The second-order valence-electron chi connectivity index (χ2n) is 4.26. The molecule has 0 amide bonds. The van der Waals surface area contributed by atoms with Gasteiger partial charge < -0.3 is 19.9 Å². The van der Waals surface area contributed by atoms with E-state index in [4.69, 9.17) is 19.9 Å². The molecule has 2 rings (SSSR count). The van der Waals surface area contributed by atoms with Gasteiger partial charge in [0, 0.05) is 16.3 Å². The standard InChI is InChI=1S/C16H19NO3S/c1-18-14-4-3-5-15(19-2)16(14)20-10-11-21-13-8-6-12(17)7-9-13/h3-9H,10-11,17H2,1-2H3. The van der Waals surface area contributed by atoms with E-state index in [0.29, 0.717) is 23.9 Å². The van der Waals surface area contributed by atoms with Crippen molar-refractivity contribution < 1.29 is 14.2 Å². The summed E-state index contributed by atoms with van der Waals surface area (Å²) in [4.78, 5) is 1.17. The highest BCUT2D eigenvalue weighted by molar-refractivity contribution is 7.99. The zero-order valence-corrected chi connectivity index (χ0v) is 13.0. The Kier molecular flexibility index (Phi) is 5.63. The number of nitrogen functional groups attached to an aromatic ring is 1. The van der Waals surface area contributed by atoms with Crippen molar-refractivity contribution in [3.05, 3.63) is 42.5 Å². The number of nitrogens with two attached hydrogens (primary N) is 1. The Balaban J connectivity index is 1.90. The van der Waals surface area contributed by atoms with Crippen molar-refractivity contribution in [2.45, 2.75) is 4.90 Å². The summed E-state index contributed by atoms with van der Waals surface area (Å²) < 4.78 is 16.4. The van der Waals surface area contributed by atoms with Crippen LogP contribution in [0.15, 0.2) is 47.4 Å². The quantitative estimate of drug-likeness (QED) is 0.482. The first-order valence-corrected chi connectivity index (χ1v) is 7.55. The van der Waals surface area contributed by atoms with E-state index in [1.165, 1.54) is 4.90 Å². The van der Waals surface area contributed by atoms with Crippen molar-refractivity contribution in [1.82, 2.24) is 0 Å². The number of rotatable bonds is 7. The summed E-state index contributed by atoms with van der Waals surface area (Å²) in [6, 6.07) is 13.4. The average molecular weight is 305 g/mol. The first-order chi connectivity index (χ1) is 10.2. The maximum Gasteiger partial charge on any atom is 0.203 e. The molecule has 0 radical (unpaired) electrons. The fourth-order valence-corrected chi connectivity index (χ4v) is 2.56. The van der Waals surface area contributed by atoms with Gasteiger partial charge in [-0.3, -0.25) is 0 Å². The largest absolute Gasteiger partial charge is 0.493 e. The van der Waals surface area contributed by atoms with Gasteiger partial charge >= 0.3 is 0 Å². The monoisotopic (exact) mass is 305 g/mol. The molecule has 0 aliphatic carbocycles. The van der Waals surface area contributed by atoms with E-state index >= 15 is 0 Å². The molecule has 0 aliphatic heterocycles. The van der Waals surface area contributed by atoms with E-state index in [2.05, 4.69) is 0 Å². The van der Waals surface area contributed by atoms with Crippen LogP contribution in [0.4, 0.5) is 5.69 Å². The van der Waals surface area contributed by atoms with E-state index in [1.54, 1.807) is 26.0 Å². The zero-order chi connectivity index (χ0) is 15.1. The van der Waals surface area contributed by atoms with Gasteiger partial charge in [0.2, 0.25) is 5.75 Å². The molecule has 5 heteroatoms. The molecule has 0 aromatic heterocycles. The lowest BCUT2D eigenvalue weighted by atomic mass is 10.3. The first kappa shape index (κ1) is 15.4. The number of thioether (sulfide) groups is 1. The van der Waals surface area contributed by atoms with E-state index in [0.717, 1.165) is 11.4 Å². The summed E-state index contributed by atoms with van der Waals surface area (Å²) in [5.41, 5.74) is 6.43. The SMILES string of the molecule is COc1cccc(OC)c1OCCSc1ccc(N)cc1. The van der Waals surface area contributed by atoms with Gasteiger partial charge in [-0.2, -0.15) is 0 Å². The minimum absolute atomic E-state index is 0.561. The first-order valence-electron chi connectivity index (χ1n) is 6.56. The molecule has 0 fully saturated rings. The van der Waals surface area contributed by atoms with Crippen molar-refractivity contribution >= 4 is 17.4 Å². The third kappa shape index (κ3) is 4.23. The minimum Gasteiger partial charge on any atom is -0.493 e. The van der Waals surface area contributed by atoms with Gasteiger partial charge in [-0.05, 0) is 36.4 Å². The van der Waals surface area contributed by atoms with Crippen LogP contribution in [0.3, 0.4) is 0 Å². The molecule has 2 N–H and O–H groups in total. The highest BCUT2D eigenvalue weighted by Gasteiger charge is 2.10. The molecule has 0 saturated heterocycles. The van der Waals surface area contributed by atoms with E-state index in [1.807, 2.05) is 42.5 Å². The number of para-hydroxylation sites is 1. The second kappa shape index (κ2) is 7.69. The topological polar surface area (TPSA) is 53.7 Å². The van der Waals surface area contributed by atoms with Crippen LogP contribution in [-0.4, -0.2) is 26.6 Å². The molecule has 112 valence electrons. The Morgan fingerprint density at radius 2 is 1.57 bits per heavy atom. The molecule has 0 saturated carbocycles. The average Bonchev–Trinajstić information content (AvgIpc) is 2.53. The van der Waals surface area contributed by atoms with Crippen molar-refractivity contribution in [2.24, 2.45) is 0 Å². The van der Waals surface area contributed by atoms with E-state index in [-0.39, 0.29) is 0 Å². The van der Waals surface area contributed by atoms with Gasteiger partial charge in [0.1, 0.15) is 0 Å². The van der Waals surface area contributed by atoms with Crippen molar-refractivity contribution in [3.8, 4) is 17.2 Å². The summed E-state index contributed by atoms with van der Waals surface area (Å²) in [6.45, 7) is 0.561. The third-order valence-corrected chi connectivity index (χ3v) is 3.84. The molecule has 0 spiro atoms. The summed E-state index contributed by atoms with van der Waals surface area (Å²) in [6.07, 6.45) is 0. The Bertz CT molecular complexity index is 550. The lowest BCUT2D eigenvalue weighted by Crippen LogP contribution is -2.03. The lowest BCUT2D eigenvalue weighted by Gasteiger charge is -2.13. The lowest BCUT2D eigenvalue weighted by molar-refractivity contribution is 0.290. The smallest absolute Gasteiger partial charge is 0.203 e. The van der Waals surface area contributed by atoms with Crippen LogP contribution in [0, 0.1) is 0 Å². The predicted octanol–water partition coefficient (Wildman–Crippen LogP) is 3.46. The third-order valence-electron chi connectivity index (χ3n) is 2.86. The molecule has 2 aromatic carbocycles. The zero-order valence-electron chi connectivity index (χ0n) is 12.2. The normalized spacial score (nSPS) is 10.2. The number of ether oxygens (including phenoxy) is 3. The highest BCUT2D eigenvalue weighted by Crippen LogP contribution is 2.36. The molecule has 0 heterocycles. The summed E-state index contributed by atoms with van der Waals surface area (Å²) in [7, 11) is 3.23. The predicted molar refractivity (Wildman–Crippen MR) is 86.6 cm³/mol. The number of hydrogen-bond donors (Lipinski definition) is 1. The Morgan fingerprint density at radius 3 is 2.14 bits per heavy atom. The summed E-state index contributed by atoms with van der Waals surface area (Å²) in [5, 5.41) is 0. The van der Waals surface area contributed by atoms with Crippen LogP contribution in [0.5, 0.6) is 17.2 Å². The van der Waals surface area contributed by atoms with Gasteiger partial charge in [0.15, 0.2) is 11.5 Å². The van der Waals surface area contributed by atoms with Gasteiger partial charge in [-0.15, -0.1) is 11.8 Å². The molecule has 4 nitrogen and oxygen atoms in total. The molecule has 0 aliphatic rings. The van der Waals surface area contributed by atoms with E-state index < -0.39 is 0 Å². The van der Waals surface area contributed by atoms with Crippen LogP contribution in [-0.2, 0) is 0 Å². The summed E-state index contributed by atoms with van der Waals surface area (Å²) in [5.74, 6) is 2.81. The number of benzene rings is 2. The summed E-state index contributed by atoms with van der Waals surface area (Å²) >= 11 is 1.71. The number of methoxy groups -OCH3 is 2. The van der Waals surface area contributed by atoms with Crippen LogP contribution in [0.2, 0.25) is 0 Å². The van der Waals surface area contributed by atoms with Gasteiger partial charge in [0.05, 0.1) is 20.8 Å².